The quantitative estimate of drug-likeness (QED) is 0.766. The first-order valence-electron chi connectivity index (χ1n) is 7.13. The fraction of sp³-hybridized carbons (Fsp3) is 0.312. The molecule has 128 valence electrons. The normalized spacial score (nSPS) is 10.9. The Morgan fingerprint density at radius 2 is 1.88 bits per heavy atom. The largest absolute Gasteiger partial charge is 0.482 e. The van der Waals surface area contributed by atoms with E-state index in [2.05, 4.69) is 24.0 Å². The van der Waals surface area contributed by atoms with Crippen molar-refractivity contribution in [3.05, 3.63) is 39.5 Å². The molecule has 2 aromatic rings. The lowest BCUT2D eigenvalue weighted by atomic mass is 10.0. The van der Waals surface area contributed by atoms with Crippen molar-refractivity contribution in [2.75, 3.05) is 6.61 Å². The van der Waals surface area contributed by atoms with Crippen LogP contribution in [0.5, 0.6) is 5.75 Å². The van der Waals surface area contributed by atoms with Crippen LogP contribution < -0.4 is 4.74 Å². The van der Waals surface area contributed by atoms with Crippen molar-refractivity contribution in [2.24, 2.45) is 0 Å². The van der Waals surface area contributed by atoms with E-state index < -0.39 is 12.6 Å². The van der Waals surface area contributed by atoms with Gasteiger partial charge in [0.05, 0.1) is 20.6 Å². The van der Waals surface area contributed by atoms with Gasteiger partial charge >= 0.3 is 5.97 Å². The van der Waals surface area contributed by atoms with Gasteiger partial charge in [-0.3, -0.25) is 0 Å². The molecule has 1 N–H and O–H groups in total. The minimum atomic E-state index is -1.07. The highest BCUT2D eigenvalue weighted by Gasteiger charge is 2.14. The number of aryl methyl sites for hydroxylation is 1. The predicted octanol–water partition coefficient (Wildman–Crippen LogP) is 4.83. The van der Waals surface area contributed by atoms with E-state index in [1.807, 2.05) is 13.0 Å². The zero-order valence-electron chi connectivity index (χ0n) is 13.3. The summed E-state index contributed by atoms with van der Waals surface area (Å²) in [6, 6.07) is 5.03. The number of ether oxygens (including phenoxy) is 1. The number of aliphatic carboxylic acids is 1. The molecule has 1 aromatic heterocycles. The summed E-state index contributed by atoms with van der Waals surface area (Å²) in [5, 5.41) is 18.4. The van der Waals surface area contributed by atoms with Crippen LogP contribution in [0.25, 0.3) is 0 Å². The van der Waals surface area contributed by atoms with E-state index in [-0.39, 0.29) is 0 Å². The Labute approximate surface area is 154 Å². The van der Waals surface area contributed by atoms with Crippen LogP contribution in [0.15, 0.2) is 28.1 Å². The second-order valence-corrected chi connectivity index (χ2v) is 7.22. The molecule has 0 saturated heterocycles. The van der Waals surface area contributed by atoms with E-state index in [4.69, 9.17) is 33.0 Å². The molecule has 0 unspecified atom stereocenters. The lowest BCUT2D eigenvalue weighted by Crippen LogP contribution is -2.09. The van der Waals surface area contributed by atoms with E-state index in [0.717, 1.165) is 11.3 Å². The number of nitrogens with zero attached hydrogens (tertiary/aromatic N) is 2. The molecule has 8 heteroatoms. The summed E-state index contributed by atoms with van der Waals surface area (Å²) >= 11 is 13.8. The summed E-state index contributed by atoms with van der Waals surface area (Å²) < 4.78 is 5.09. The molecule has 0 fully saturated rings. The summed E-state index contributed by atoms with van der Waals surface area (Å²) in [5.41, 5.74) is 2.00. The third-order valence-corrected chi connectivity index (χ3v) is 5.03. The number of carboxylic acids is 1. The van der Waals surface area contributed by atoms with Crippen molar-refractivity contribution in [3.63, 3.8) is 0 Å². The maximum atomic E-state index is 10.6. The molecule has 0 spiro atoms. The van der Waals surface area contributed by atoms with Crippen LogP contribution in [0.3, 0.4) is 0 Å². The van der Waals surface area contributed by atoms with Gasteiger partial charge in [0.25, 0.3) is 0 Å². The highest BCUT2D eigenvalue weighted by atomic mass is 35.5. The van der Waals surface area contributed by atoms with Crippen LogP contribution in [0.1, 0.15) is 31.0 Å². The number of carboxylic acid groups (broad SMARTS) is 1. The van der Waals surface area contributed by atoms with E-state index in [0.29, 0.717) is 31.6 Å². The van der Waals surface area contributed by atoms with Crippen molar-refractivity contribution in [1.29, 1.82) is 0 Å². The number of aromatic nitrogens is 2. The van der Waals surface area contributed by atoms with Gasteiger partial charge in [0, 0.05) is 12.1 Å². The average molecular weight is 387 g/mol. The summed E-state index contributed by atoms with van der Waals surface area (Å²) in [7, 11) is 0. The number of rotatable bonds is 6. The highest BCUT2D eigenvalue weighted by Crippen LogP contribution is 2.40. The van der Waals surface area contributed by atoms with E-state index in [9.17, 15) is 4.79 Å². The molecule has 5 nitrogen and oxygen atoms in total. The molecule has 24 heavy (non-hydrogen) atoms. The van der Waals surface area contributed by atoms with Crippen LogP contribution in [0.2, 0.25) is 10.0 Å². The Kier molecular flexibility index (Phi) is 6.32. The van der Waals surface area contributed by atoms with Crippen LogP contribution in [-0.2, 0) is 4.79 Å². The number of hydrogen-bond acceptors (Lipinski definition) is 5. The third-order valence-electron chi connectivity index (χ3n) is 3.16. The van der Waals surface area contributed by atoms with Gasteiger partial charge in [-0.25, -0.2) is 4.79 Å². The lowest BCUT2D eigenvalue weighted by Gasteiger charge is -2.12. The van der Waals surface area contributed by atoms with E-state index in [1.54, 1.807) is 0 Å². The van der Waals surface area contributed by atoms with Crippen molar-refractivity contribution in [1.82, 2.24) is 10.2 Å². The Balaban J connectivity index is 2.27. The summed E-state index contributed by atoms with van der Waals surface area (Å²) in [6.45, 7) is 5.64. The molecule has 0 amide bonds. The number of benzene rings is 1. The molecular weight excluding hydrogens is 371 g/mol. The van der Waals surface area contributed by atoms with Gasteiger partial charge < -0.3 is 9.84 Å². The first-order chi connectivity index (χ1) is 11.3. The highest BCUT2D eigenvalue weighted by molar-refractivity contribution is 7.99. The van der Waals surface area contributed by atoms with Gasteiger partial charge in [0.15, 0.2) is 6.61 Å². The Morgan fingerprint density at radius 1 is 1.25 bits per heavy atom. The molecule has 0 radical (unpaired) electrons. The number of carbonyl (C=O) groups is 1. The maximum Gasteiger partial charge on any atom is 0.341 e. The molecule has 0 atom stereocenters. The van der Waals surface area contributed by atoms with Crippen LogP contribution in [-0.4, -0.2) is 27.9 Å². The van der Waals surface area contributed by atoms with Crippen molar-refractivity contribution in [2.45, 2.75) is 36.6 Å². The second-order valence-electron chi connectivity index (χ2n) is 5.38. The first-order valence-corrected chi connectivity index (χ1v) is 8.71. The molecule has 0 aliphatic rings. The van der Waals surface area contributed by atoms with Crippen LogP contribution in [0, 0.1) is 6.92 Å². The van der Waals surface area contributed by atoms with Crippen LogP contribution in [0.4, 0.5) is 0 Å². The third kappa shape index (κ3) is 4.75. The van der Waals surface area contributed by atoms with Gasteiger partial charge in [0.2, 0.25) is 0 Å². The molecule has 2 rings (SSSR count). The summed E-state index contributed by atoms with van der Waals surface area (Å²) in [4.78, 5) is 11.2. The number of halogens is 2. The van der Waals surface area contributed by atoms with Gasteiger partial charge in [0.1, 0.15) is 10.8 Å². The monoisotopic (exact) mass is 386 g/mol. The fourth-order valence-corrected chi connectivity index (χ4v) is 3.54. The second kappa shape index (κ2) is 8.05. The number of hydrogen-bond donors (Lipinski definition) is 1. The zero-order chi connectivity index (χ0) is 17.9. The summed E-state index contributed by atoms with van der Waals surface area (Å²) in [5.74, 6) is -0.441. The smallest absolute Gasteiger partial charge is 0.341 e. The standard InChI is InChI=1S/C16H16Cl2N2O3S/c1-8(2)11-6-14(20-19-9(11)3)24-16-12(17)4-10(5-13(16)18)23-7-15(21)22/h4-6,8H,7H2,1-3H3,(H,21,22). The molecule has 1 heterocycles. The predicted molar refractivity (Wildman–Crippen MR) is 94.6 cm³/mol. The zero-order valence-corrected chi connectivity index (χ0v) is 15.7. The topological polar surface area (TPSA) is 72.3 Å². The maximum absolute atomic E-state index is 10.6. The molecule has 0 saturated carbocycles. The van der Waals surface area contributed by atoms with E-state index >= 15 is 0 Å². The Bertz CT molecular complexity index is 746. The van der Waals surface area contributed by atoms with Crippen molar-refractivity contribution in [3.8, 4) is 5.75 Å². The molecule has 0 aliphatic heterocycles. The van der Waals surface area contributed by atoms with Crippen LogP contribution >= 0.6 is 35.0 Å². The molecule has 0 aliphatic carbocycles. The minimum Gasteiger partial charge on any atom is -0.482 e. The SMILES string of the molecule is Cc1nnc(Sc2c(Cl)cc(OCC(=O)O)cc2Cl)cc1C(C)C. The molecular formula is C16H16Cl2N2O3S. The van der Waals surface area contributed by atoms with E-state index in [1.165, 1.54) is 23.9 Å². The van der Waals surface area contributed by atoms with Gasteiger partial charge in [-0.2, -0.15) is 5.10 Å². The van der Waals surface area contributed by atoms with Gasteiger partial charge in [-0.15, -0.1) is 5.10 Å². The molecule has 1 aromatic carbocycles. The van der Waals surface area contributed by atoms with Crippen molar-refractivity contribution >= 4 is 40.9 Å². The Hall–Kier alpha value is -1.50. The van der Waals surface area contributed by atoms with Crippen molar-refractivity contribution < 1.29 is 14.6 Å². The fourth-order valence-electron chi connectivity index (χ4n) is 2.05. The first kappa shape index (κ1) is 18.8. The lowest BCUT2D eigenvalue weighted by molar-refractivity contribution is -0.139. The van der Waals surface area contributed by atoms with Gasteiger partial charge in [-0.05, 0) is 24.5 Å². The van der Waals surface area contributed by atoms with Gasteiger partial charge in [-0.1, -0.05) is 48.8 Å². The average Bonchev–Trinajstić information content (AvgIpc) is 2.50. The summed E-state index contributed by atoms with van der Waals surface area (Å²) in [6.07, 6.45) is 0. The molecule has 0 bridgehead atoms. The minimum absolute atomic E-state index is 0.301. The Morgan fingerprint density at radius 3 is 2.42 bits per heavy atom.